The van der Waals surface area contributed by atoms with Crippen LogP contribution in [0.4, 0.5) is 11.8 Å². The summed E-state index contributed by atoms with van der Waals surface area (Å²) in [7, 11) is 1.52. The zero-order valence-corrected chi connectivity index (χ0v) is 21.9. The normalized spacial score (nSPS) is 22.6. The van der Waals surface area contributed by atoms with Crippen LogP contribution in [-0.4, -0.2) is 82.2 Å². The second-order valence-corrected chi connectivity index (χ2v) is 9.79. The minimum atomic E-state index is -0.297. The molecule has 1 aliphatic carbocycles. The van der Waals surface area contributed by atoms with Gasteiger partial charge >= 0.3 is 0 Å². The van der Waals surface area contributed by atoms with Crippen molar-refractivity contribution in [1.82, 2.24) is 23.3 Å². The van der Waals surface area contributed by atoms with Crippen molar-refractivity contribution in [2.45, 2.75) is 13.0 Å². The summed E-state index contributed by atoms with van der Waals surface area (Å²) in [4.78, 5) is 37.4. The lowest BCUT2D eigenvalue weighted by Crippen LogP contribution is -2.48. The fourth-order valence-corrected chi connectivity index (χ4v) is 4.62. The number of amides is 2. The quantitative estimate of drug-likeness (QED) is 0.362. The molecule has 3 heterocycles. The minimum Gasteiger partial charge on any atom is -0.478 e. The highest BCUT2D eigenvalue weighted by molar-refractivity contribution is 14.1. The first-order valence-corrected chi connectivity index (χ1v) is 12.4. The summed E-state index contributed by atoms with van der Waals surface area (Å²) in [5, 5.41) is 6.22. The Morgan fingerprint density at radius 2 is 2.06 bits per heavy atom. The third-order valence-electron chi connectivity index (χ3n) is 5.90. The average molecular weight is 600 g/mol. The molecule has 0 saturated carbocycles. The molecule has 1 saturated heterocycles. The number of allylic oxidation sites excluding steroid dienone is 1. The van der Waals surface area contributed by atoms with Crippen molar-refractivity contribution in [3.63, 3.8) is 0 Å². The zero-order valence-electron chi connectivity index (χ0n) is 19.0. The highest BCUT2D eigenvalue weighted by Crippen LogP contribution is 2.31. The molecule has 2 unspecified atom stereocenters. The number of piperazine rings is 1. The molecule has 1 aromatic heterocycles. The number of anilines is 2. The van der Waals surface area contributed by atoms with Gasteiger partial charge in [0.25, 0.3) is 11.8 Å². The predicted molar refractivity (Wildman–Crippen MR) is 138 cm³/mol. The van der Waals surface area contributed by atoms with Crippen LogP contribution in [0.15, 0.2) is 42.0 Å². The van der Waals surface area contributed by atoms with Gasteiger partial charge < -0.3 is 25.2 Å². The van der Waals surface area contributed by atoms with Crippen LogP contribution in [0.2, 0.25) is 5.02 Å². The number of nitrogens with zero attached hydrogens (tertiary/aromatic N) is 5. The smallest absolute Gasteiger partial charge is 0.289 e. The number of fused-ring (bicyclic) bond motifs is 1. The molecule has 2 N–H and O–H groups in total. The lowest BCUT2D eigenvalue weighted by Gasteiger charge is -2.38. The molecule has 3 aliphatic rings. The van der Waals surface area contributed by atoms with E-state index < -0.39 is 0 Å². The van der Waals surface area contributed by atoms with Crippen LogP contribution in [0.3, 0.4) is 0 Å². The summed E-state index contributed by atoms with van der Waals surface area (Å²) in [5.74, 6) is 0.694. The van der Waals surface area contributed by atoms with Gasteiger partial charge in [-0.2, -0.15) is 4.98 Å². The number of nitrogens with one attached hydrogen (secondary N) is 2. The Morgan fingerprint density at radius 3 is 2.76 bits per heavy atom. The maximum atomic E-state index is 12.8. The van der Waals surface area contributed by atoms with Gasteiger partial charge in [0.2, 0.25) is 5.95 Å². The predicted octanol–water partition coefficient (Wildman–Crippen LogP) is 1.96. The van der Waals surface area contributed by atoms with Crippen LogP contribution >= 0.6 is 34.5 Å². The van der Waals surface area contributed by atoms with E-state index in [0.29, 0.717) is 23.3 Å². The van der Waals surface area contributed by atoms with Crippen LogP contribution in [0.1, 0.15) is 6.92 Å². The van der Waals surface area contributed by atoms with Crippen LogP contribution in [0.5, 0.6) is 0 Å². The standard InChI is InChI=1S/C22H27ClIN7O3/c1-3-31-17-5-4-15(10-14(17)11-18(21(31)33)34-13-19(32)25-2)27-20-16(23)12-26-22(28-20)29-6-8-30(24)9-7-29/h4-5,10-12,14,17H,3,6-9,13H2,1-2H3,(H,25,32)(H,26,27,28). The fraction of sp³-hybridized carbons (Fsp3) is 0.455. The van der Waals surface area contributed by atoms with Crippen molar-refractivity contribution in [1.29, 1.82) is 0 Å². The van der Waals surface area contributed by atoms with Crippen molar-refractivity contribution < 1.29 is 14.3 Å². The SMILES string of the molecule is CCN1C(=O)C(OCC(=O)NC)=CC2C=C(Nc3nc(N4CCN(I)CC4)ncc3Cl)C=CC21. The molecular formula is C22H27ClIN7O3. The molecule has 182 valence electrons. The molecule has 1 aromatic rings. The first-order valence-electron chi connectivity index (χ1n) is 11.1. The molecular weight excluding hydrogens is 573 g/mol. The number of carbonyl (C=O) groups is 2. The van der Waals surface area contributed by atoms with Crippen molar-refractivity contribution in [3.05, 3.63) is 47.0 Å². The highest BCUT2D eigenvalue weighted by Gasteiger charge is 2.36. The number of aromatic nitrogens is 2. The van der Waals surface area contributed by atoms with Gasteiger partial charge in [-0.3, -0.25) is 9.59 Å². The van der Waals surface area contributed by atoms with E-state index in [9.17, 15) is 9.59 Å². The van der Waals surface area contributed by atoms with E-state index in [-0.39, 0.29) is 36.1 Å². The Kier molecular flexibility index (Phi) is 7.94. The number of likely N-dealkylation sites (N-methyl/N-ethyl adjacent to an activating group) is 2. The molecule has 1 fully saturated rings. The van der Waals surface area contributed by atoms with Gasteiger partial charge in [0.15, 0.2) is 18.2 Å². The second kappa shape index (κ2) is 10.9. The topological polar surface area (TPSA) is 103 Å². The van der Waals surface area contributed by atoms with E-state index in [1.807, 2.05) is 25.2 Å². The fourth-order valence-electron chi connectivity index (χ4n) is 4.05. The number of hydrogen-bond acceptors (Lipinski definition) is 8. The highest BCUT2D eigenvalue weighted by atomic mass is 127. The Balaban J connectivity index is 1.53. The lowest BCUT2D eigenvalue weighted by molar-refractivity contribution is -0.135. The van der Waals surface area contributed by atoms with Crippen LogP contribution in [-0.2, 0) is 14.3 Å². The van der Waals surface area contributed by atoms with Gasteiger partial charge in [-0.05, 0) is 19.1 Å². The monoisotopic (exact) mass is 599 g/mol. The molecule has 4 rings (SSSR count). The van der Waals surface area contributed by atoms with E-state index in [1.54, 1.807) is 17.2 Å². The van der Waals surface area contributed by atoms with Gasteiger partial charge in [0, 0.05) is 74.3 Å². The molecule has 0 bridgehead atoms. The third-order valence-corrected chi connectivity index (χ3v) is 7.14. The van der Waals surface area contributed by atoms with E-state index >= 15 is 0 Å². The van der Waals surface area contributed by atoms with E-state index in [0.717, 1.165) is 31.9 Å². The maximum absolute atomic E-state index is 12.8. The van der Waals surface area contributed by atoms with E-state index in [2.05, 4.69) is 51.5 Å². The Morgan fingerprint density at radius 1 is 1.29 bits per heavy atom. The molecule has 2 atom stereocenters. The third kappa shape index (κ3) is 5.47. The Labute approximate surface area is 217 Å². The summed E-state index contributed by atoms with van der Waals surface area (Å²) >= 11 is 8.72. The number of rotatable bonds is 7. The largest absolute Gasteiger partial charge is 0.478 e. The van der Waals surface area contributed by atoms with Gasteiger partial charge in [0.05, 0.1) is 12.2 Å². The van der Waals surface area contributed by atoms with Gasteiger partial charge in [0.1, 0.15) is 5.02 Å². The molecule has 34 heavy (non-hydrogen) atoms. The number of ether oxygens (including phenoxy) is 1. The van der Waals surface area contributed by atoms with Crippen molar-refractivity contribution >= 4 is 58.0 Å². The zero-order chi connectivity index (χ0) is 24.2. The molecule has 0 radical (unpaired) electrons. The summed E-state index contributed by atoms with van der Waals surface area (Å²) in [6.45, 7) is 5.81. The molecule has 2 aliphatic heterocycles. The average Bonchev–Trinajstić information content (AvgIpc) is 2.84. The van der Waals surface area contributed by atoms with Crippen LogP contribution in [0, 0.1) is 5.92 Å². The van der Waals surface area contributed by atoms with Crippen molar-refractivity contribution in [2.24, 2.45) is 5.92 Å². The first-order chi connectivity index (χ1) is 16.4. The van der Waals surface area contributed by atoms with E-state index in [1.165, 1.54) is 7.05 Å². The Hall–Kier alpha value is -2.38. The number of hydrogen-bond donors (Lipinski definition) is 2. The lowest BCUT2D eigenvalue weighted by atomic mass is 9.88. The van der Waals surface area contributed by atoms with Crippen molar-refractivity contribution in [3.8, 4) is 0 Å². The minimum absolute atomic E-state index is 0.123. The first kappa shape index (κ1) is 24.7. The Bertz CT molecular complexity index is 1040. The molecule has 10 nitrogen and oxygen atoms in total. The summed E-state index contributed by atoms with van der Waals surface area (Å²) in [5.41, 5.74) is 0.803. The van der Waals surface area contributed by atoms with Crippen LogP contribution < -0.4 is 15.5 Å². The van der Waals surface area contributed by atoms with Gasteiger partial charge in [-0.15, -0.1) is 0 Å². The number of carbonyl (C=O) groups excluding carboxylic acids is 2. The number of halogens is 2. The molecule has 12 heteroatoms. The van der Waals surface area contributed by atoms with Crippen molar-refractivity contribution in [2.75, 3.05) is 56.6 Å². The second-order valence-electron chi connectivity index (χ2n) is 8.02. The van der Waals surface area contributed by atoms with E-state index in [4.69, 9.17) is 16.3 Å². The van der Waals surface area contributed by atoms with Gasteiger partial charge in [-0.25, -0.2) is 8.10 Å². The molecule has 0 aromatic carbocycles. The summed E-state index contributed by atoms with van der Waals surface area (Å²) < 4.78 is 7.77. The van der Waals surface area contributed by atoms with Gasteiger partial charge in [-0.1, -0.05) is 23.8 Å². The molecule has 0 spiro atoms. The molecule has 2 amide bonds. The van der Waals surface area contributed by atoms with Crippen LogP contribution in [0.25, 0.3) is 0 Å². The maximum Gasteiger partial charge on any atom is 0.289 e. The summed E-state index contributed by atoms with van der Waals surface area (Å²) in [6.07, 6.45) is 9.30. The summed E-state index contributed by atoms with van der Waals surface area (Å²) in [6, 6.07) is -0.128.